The smallest absolute Gasteiger partial charge is 0.233 e. The van der Waals surface area contributed by atoms with Crippen molar-refractivity contribution in [1.29, 1.82) is 0 Å². The van der Waals surface area contributed by atoms with Crippen LogP contribution in [0.3, 0.4) is 0 Å². The van der Waals surface area contributed by atoms with Crippen LogP contribution in [0.25, 0.3) is 0 Å². The second-order valence-electron chi connectivity index (χ2n) is 9.72. The van der Waals surface area contributed by atoms with Crippen molar-refractivity contribution in [3.63, 3.8) is 0 Å². The van der Waals surface area contributed by atoms with Crippen molar-refractivity contribution in [1.82, 2.24) is 10.2 Å². The Kier molecular flexibility index (Phi) is 6.84. The molecule has 0 radical (unpaired) electrons. The number of aliphatic hydroxyl groups is 1. The molecule has 3 aliphatic rings. The fourth-order valence-corrected chi connectivity index (χ4v) is 5.55. The van der Waals surface area contributed by atoms with Gasteiger partial charge in [-0.2, -0.15) is 0 Å². The average Bonchev–Trinajstić information content (AvgIpc) is 3.11. The molecule has 7 heteroatoms. The van der Waals surface area contributed by atoms with E-state index in [2.05, 4.69) is 12.2 Å². The summed E-state index contributed by atoms with van der Waals surface area (Å²) in [6.07, 6.45) is 4.21. The molecule has 1 aromatic rings. The Morgan fingerprint density at radius 2 is 1.91 bits per heavy atom. The number of aliphatic hydroxyl groups excluding tert-OH is 1. The standard InChI is InChI=1S/C26H34N2O5/c1-16(18(3)30)23(13-29)28-11-10-26(25(28)32)8-6-20(7-9-26)27-12-19-4-5-21-22(17(19)2)14-33-15-24(21)31/h4-5,20,27,29H,6-15H2,1-3H3/b23-16+. The molecule has 0 aromatic heterocycles. The lowest BCUT2D eigenvalue weighted by Gasteiger charge is -2.36. The molecule has 0 bridgehead atoms. The highest BCUT2D eigenvalue weighted by atomic mass is 16.5. The number of allylic oxidation sites excluding steroid dienone is 1. The lowest BCUT2D eigenvalue weighted by molar-refractivity contribution is -0.136. The van der Waals surface area contributed by atoms with Crippen molar-refractivity contribution in [3.05, 3.63) is 45.7 Å². The number of benzene rings is 1. The first-order chi connectivity index (χ1) is 15.8. The lowest BCUT2D eigenvalue weighted by atomic mass is 9.71. The summed E-state index contributed by atoms with van der Waals surface area (Å²) in [5, 5.41) is 13.5. The highest BCUT2D eigenvalue weighted by Gasteiger charge is 2.49. The van der Waals surface area contributed by atoms with Gasteiger partial charge in [-0.25, -0.2) is 0 Å². The van der Waals surface area contributed by atoms with Crippen molar-refractivity contribution in [2.75, 3.05) is 19.8 Å². The molecule has 1 saturated carbocycles. The van der Waals surface area contributed by atoms with Crippen LogP contribution in [0, 0.1) is 12.3 Å². The number of likely N-dealkylation sites (tertiary alicyclic amines) is 1. The molecule has 1 spiro atoms. The topological polar surface area (TPSA) is 95.9 Å². The van der Waals surface area contributed by atoms with E-state index < -0.39 is 0 Å². The van der Waals surface area contributed by atoms with E-state index in [1.54, 1.807) is 11.8 Å². The van der Waals surface area contributed by atoms with E-state index in [1.807, 2.05) is 12.1 Å². The molecule has 1 saturated heterocycles. The minimum Gasteiger partial charge on any atom is -0.390 e. The van der Waals surface area contributed by atoms with Crippen LogP contribution in [0.2, 0.25) is 0 Å². The first kappa shape index (κ1) is 23.8. The Labute approximate surface area is 195 Å². The van der Waals surface area contributed by atoms with Gasteiger partial charge in [0.2, 0.25) is 5.91 Å². The van der Waals surface area contributed by atoms with Gasteiger partial charge < -0.3 is 20.1 Å². The number of carbonyl (C=O) groups excluding carboxylic acids is 3. The van der Waals surface area contributed by atoms with Crippen LogP contribution >= 0.6 is 0 Å². The Morgan fingerprint density at radius 3 is 2.58 bits per heavy atom. The van der Waals surface area contributed by atoms with Crippen molar-refractivity contribution < 1.29 is 24.2 Å². The second-order valence-corrected chi connectivity index (χ2v) is 9.72. The van der Waals surface area contributed by atoms with Crippen molar-refractivity contribution in [3.8, 4) is 0 Å². The average molecular weight is 455 g/mol. The summed E-state index contributed by atoms with van der Waals surface area (Å²) >= 11 is 0. The SMILES string of the molecule is CC(=O)/C(C)=C(\CO)N1CCC2(CCC(NCc3ccc4c(c3C)COCC4=O)CC2)C1=O. The second kappa shape index (κ2) is 9.49. The predicted molar refractivity (Wildman–Crippen MR) is 123 cm³/mol. The van der Waals surface area contributed by atoms with E-state index in [4.69, 9.17) is 4.74 Å². The number of hydrogen-bond acceptors (Lipinski definition) is 6. The fraction of sp³-hybridized carbons (Fsp3) is 0.577. The molecule has 2 fully saturated rings. The highest BCUT2D eigenvalue weighted by Crippen LogP contribution is 2.46. The maximum absolute atomic E-state index is 13.3. The molecule has 1 amide bonds. The Hall–Kier alpha value is -2.35. The molecule has 7 nitrogen and oxygen atoms in total. The van der Waals surface area contributed by atoms with Crippen molar-refractivity contribution >= 4 is 17.5 Å². The van der Waals surface area contributed by atoms with Crippen LogP contribution in [-0.2, 0) is 27.5 Å². The van der Waals surface area contributed by atoms with Crippen molar-refractivity contribution in [2.24, 2.45) is 5.41 Å². The van der Waals surface area contributed by atoms with Gasteiger partial charge in [-0.05, 0) is 69.6 Å². The molecule has 0 atom stereocenters. The number of fused-ring (bicyclic) bond motifs is 1. The van der Waals surface area contributed by atoms with Gasteiger partial charge in [0.15, 0.2) is 11.6 Å². The number of amides is 1. The normalized spacial score (nSPS) is 25.9. The maximum Gasteiger partial charge on any atom is 0.233 e. The number of nitrogens with one attached hydrogen (secondary N) is 1. The zero-order valence-corrected chi connectivity index (χ0v) is 19.8. The Balaban J connectivity index is 1.37. The van der Waals surface area contributed by atoms with Gasteiger partial charge in [-0.3, -0.25) is 14.4 Å². The third-order valence-corrected chi connectivity index (χ3v) is 7.96. The zero-order valence-electron chi connectivity index (χ0n) is 19.8. The first-order valence-corrected chi connectivity index (χ1v) is 11.9. The van der Waals surface area contributed by atoms with Gasteiger partial charge >= 0.3 is 0 Å². The highest BCUT2D eigenvalue weighted by molar-refractivity contribution is 5.99. The third-order valence-electron chi connectivity index (χ3n) is 7.96. The molecule has 1 aliphatic carbocycles. The quantitative estimate of drug-likeness (QED) is 0.642. The summed E-state index contributed by atoms with van der Waals surface area (Å²) in [6.45, 7) is 6.83. The number of Topliss-reactive ketones (excluding diaryl/α,β-unsaturated/α-hetero) is 2. The van der Waals surface area contributed by atoms with Crippen LogP contribution in [-0.4, -0.2) is 53.3 Å². The number of hydrogen-bond donors (Lipinski definition) is 2. The van der Waals surface area contributed by atoms with Crippen LogP contribution in [0.5, 0.6) is 0 Å². The lowest BCUT2D eigenvalue weighted by Crippen LogP contribution is -2.42. The van der Waals surface area contributed by atoms with Gasteiger partial charge in [0, 0.05) is 30.3 Å². The largest absolute Gasteiger partial charge is 0.390 e. The van der Waals surface area contributed by atoms with Crippen LogP contribution in [0.1, 0.15) is 73.0 Å². The molecular formula is C26H34N2O5. The summed E-state index contributed by atoms with van der Waals surface area (Å²) in [5.74, 6) is -0.0145. The predicted octanol–water partition coefficient (Wildman–Crippen LogP) is 2.81. The van der Waals surface area contributed by atoms with E-state index in [9.17, 15) is 19.5 Å². The Bertz CT molecular complexity index is 1000. The first-order valence-electron chi connectivity index (χ1n) is 11.9. The third kappa shape index (κ3) is 4.42. The van der Waals surface area contributed by atoms with Gasteiger partial charge in [0.25, 0.3) is 0 Å². The number of ketones is 2. The van der Waals surface area contributed by atoms with Crippen LogP contribution < -0.4 is 5.32 Å². The summed E-state index contributed by atoms with van der Waals surface area (Å²) < 4.78 is 5.42. The van der Waals surface area contributed by atoms with Crippen LogP contribution in [0.4, 0.5) is 0 Å². The minimum atomic E-state index is -0.380. The molecule has 1 aromatic carbocycles. The molecule has 4 rings (SSSR count). The number of ether oxygens (including phenoxy) is 1. The molecular weight excluding hydrogens is 420 g/mol. The molecule has 2 aliphatic heterocycles. The zero-order chi connectivity index (χ0) is 23.8. The van der Waals surface area contributed by atoms with Gasteiger partial charge in [0.05, 0.1) is 24.3 Å². The summed E-state index contributed by atoms with van der Waals surface area (Å²) in [7, 11) is 0. The van der Waals surface area contributed by atoms with Crippen LogP contribution in [0.15, 0.2) is 23.4 Å². The van der Waals surface area contributed by atoms with E-state index in [-0.39, 0.29) is 36.1 Å². The number of rotatable bonds is 6. The number of carbonyl (C=O) groups is 3. The molecule has 33 heavy (non-hydrogen) atoms. The monoisotopic (exact) mass is 454 g/mol. The van der Waals surface area contributed by atoms with E-state index in [0.29, 0.717) is 30.5 Å². The van der Waals surface area contributed by atoms with Gasteiger partial charge in [0.1, 0.15) is 6.61 Å². The molecule has 2 heterocycles. The van der Waals surface area contributed by atoms with E-state index >= 15 is 0 Å². The maximum atomic E-state index is 13.3. The fourth-order valence-electron chi connectivity index (χ4n) is 5.55. The Morgan fingerprint density at radius 1 is 1.18 bits per heavy atom. The minimum absolute atomic E-state index is 0.0457. The van der Waals surface area contributed by atoms with Gasteiger partial charge in [-0.1, -0.05) is 12.1 Å². The van der Waals surface area contributed by atoms with Crippen molar-refractivity contribution in [2.45, 2.75) is 72.1 Å². The molecule has 178 valence electrons. The number of nitrogens with zero attached hydrogens (tertiary/aromatic N) is 1. The summed E-state index contributed by atoms with van der Waals surface area (Å²) in [4.78, 5) is 38.8. The van der Waals surface area contributed by atoms with E-state index in [0.717, 1.165) is 55.3 Å². The molecule has 2 N–H and O–H groups in total. The molecule has 0 unspecified atom stereocenters. The summed E-state index contributed by atoms with van der Waals surface area (Å²) in [6, 6.07) is 4.28. The summed E-state index contributed by atoms with van der Waals surface area (Å²) in [5.41, 5.74) is 4.61. The van der Waals surface area contributed by atoms with Gasteiger partial charge in [-0.15, -0.1) is 0 Å². The van der Waals surface area contributed by atoms with E-state index in [1.165, 1.54) is 12.5 Å².